The number of benzene rings is 1. The second-order valence-corrected chi connectivity index (χ2v) is 7.97. The summed E-state index contributed by atoms with van der Waals surface area (Å²) in [6, 6.07) is 8.75. The van der Waals surface area contributed by atoms with Crippen LogP contribution >= 0.6 is 0 Å². The number of rotatable bonds is 7. The van der Waals surface area contributed by atoms with Crippen molar-refractivity contribution in [2.45, 2.75) is 18.2 Å². The lowest BCUT2D eigenvalue weighted by Gasteiger charge is -2.28. The van der Waals surface area contributed by atoms with Gasteiger partial charge in [0.25, 0.3) is 0 Å². The van der Waals surface area contributed by atoms with Gasteiger partial charge in [-0.05, 0) is 24.3 Å². The Kier molecular flexibility index (Phi) is 6.02. The van der Waals surface area contributed by atoms with Crippen molar-refractivity contribution in [1.82, 2.24) is 14.5 Å². The number of aromatic nitrogens is 3. The van der Waals surface area contributed by atoms with Crippen molar-refractivity contribution >= 4 is 28.6 Å². The minimum atomic E-state index is -0.465. The molecule has 0 radical (unpaired) electrons. The van der Waals surface area contributed by atoms with Gasteiger partial charge in [-0.25, -0.2) is 9.78 Å². The highest BCUT2D eigenvalue weighted by molar-refractivity contribution is 5.91. The molecule has 0 bridgehead atoms. The molecule has 0 saturated carbocycles. The Morgan fingerprint density at radius 1 is 1.21 bits per heavy atom. The van der Waals surface area contributed by atoms with Crippen LogP contribution in [-0.4, -0.2) is 73.4 Å². The maximum Gasteiger partial charge on any atom is 0.337 e. The quantitative estimate of drug-likeness (QED) is 0.518. The summed E-state index contributed by atoms with van der Waals surface area (Å²) in [5.41, 5.74) is 1.98. The first kappa shape index (κ1) is 22.1. The summed E-state index contributed by atoms with van der Waals surface area (Å²) in [5.74, 6) is 0.300. The first-order valence-electron chi connectivity index (χ1n) is 10.7. The van der Waals surface area contributed by atoms with Crippen molar-refractivity contribution in [2.24, 2.45) is 0 Å². The topological polar surface area (TPSA) is 130 Å². The smallest absolute Gasteiger partial charge is 0.337 e. The molecule has 2 atom stereocenters. The van der Waals surface area contributed by atoms with Crippen molar-refractivity contribution in [3.63, 3.8) is 0 Å². The fourth-order valence-electron chi connectivity index (χ4n) is 4.03. The molecular formula is C23H23N5O6. The molecule has 3 aromatic rings. The summed E-state index contributed by atoms with van der Waals surface area (Å²) in [6.07, 6.45) is 1.35. The van der Waals surface area contributed by atoms with Crippen LogP contribution in [0.1, 0.15) is 22.1 Å². The van der Waals surface area contributed by atoms with Gasteiger partial charge in [-0.2, -0.15) is 10.2 Å². The average molecular weight is 465 g/mol. The third kappa shape index (κ3) is 4.03. The van der Waals surface area contributed by atoms with Crippen molar-refractivity contribution < 1.29 is 28.5 Å². The number of fused-ring (bicyclic) bond motifs is 1. The average Bonchev–Trinajstić information content (AvgIpc) is 3.44. The van der Waals surface area contributed by atoms with E-state index in [1.54, 1.807) is 37.6 Å². The molecule has 34 heavy (non-hydrogen) atoms. The Morgan fingerprint density at radius 2 is 2.03 bits per heavy atom. The number of anilines is 2. The molecular weight excluding hydrogens is 442 g/mol. The molecule has 2 aliphatic rings. The lowest BCUT2D eigenvalue weighted by Crippen LogP contribution is -2.38. The van der Waals surface area contributed by atoms with Gasteiger partial charge >= 0.3 is 5.97 Å². The molecule has 0 amide bonds. The summed E-state index contributed by atoms with van der Waals surface area (Å²) < 4.78 is 29.0. The number of nitrogens with one attached hydrogen (secondary N) is 1. The first-order valence-corrected chi connectivity index (χ1v) is 10.7. The Labute approximate surface area is 195 Å². The summed E-state index contributed by atoms with van der Waals surface area (Å²) >= 11 is 0. The van der Waals surface area contributed by atoms with Crippen LogP contribution in [-0.2, 0) is 18.9 Å². The molecule has 2 aliphatic heterocycles. The summed E-state index contributed by atoms with van der Waals surface area (Å²) in [4.78, 5) is 21.1. The van der Waals surface area contributed by atoms with E-state index in [1.165, 1.54) is 7.11 Å². The summed E-state index contributed by atoms with van der Waals surface area (Å²) in [7, 11) is 2.95. The second-order valence-electron chi connectivity index (χ2n) is 7.97. The van der Waals surface area contributed by atoms with E-state index in [-0.39, 0.29) is 18.2 Å². The van der Waals surface area contributed by atoms with Crippen LogP contribution in [0.2, 0.25) is 0 Å². The third-order valence-electron chi connectivity index (χ3n) is 5.88. The fraction of sp³-hybridized carbons (Fsp3) is 0.391. The van der Waals surface area contributed by atoms with Crippen molar-refractivity contribution in [2.75, 3.05) is 46.0 Å². The molecule has 176 valence electrons. The van der Waals surface area contributed by atoms with E-state index < -0.39 is 5.97 Å². The van der Waals surface area contributed by atoms with Crippen LogP contribution < -0.4 is 10.1 Å². The largest absolute Gasteiger partial charge is 0.483 e. The van der Waals surface area contributed by atoms with E-state index in [4.69, 9.17) is 23.7 Å². The first-order chi connectivity index (χ1) is 16.6. The van der Waals surface area contributed by atoms with E-state index in [9.17, 15) is 10.1 Å². The van der Waals surface area contributed by atoms with Gasteiger partial charge in [0.2, 0.25) is 5.95 Å². The molecule has 11 nitrogen and oxygen atoms in total. The molecule has 2 aromatic heterocycles. The van der Waals surface area contributed by atoms with Crippen LogP contribution in [0.25, 0.3) is 11.0 Å². The lowest BCUT2D eigenvalue weighted by atomic mass is 10.2. The predicted octanol–water partition coefficient (Wildman–Crippen LogP) is 2.20. The molecule has 2 saturated heterocycles. The van der Waals surface area contributed by atoms with E-state index in [2.05, 4.69) is 21.4 Å². The number of nitriles is 1. The van der Waals surface area contributed by atoms with Gasteiger partial charge < -0.3 is 33.6 Å². The Hall–Kier alpha value is -3.72. The lowest BCUT2D eigenvalue weighted by molar-refractivity contribution is -0.0794. The molecule has 4 heterocycles. The highest BCUT2D eigenvalue weighted by Crippen LogP contribution is 2.32. The van der Waals surface area contributed by atoms with E-state index >= 15 is 0 Å². The molecule has 0 aliphatic carbocycles. The standard InChI is InChI=1S/C23H23N5O6/c1-30-20-12-33-11-18(20)28-15(7-24)5-14-8-25-23(27-21(14)28)26-17-4-3-13(22(29)31-2)6-19(17)34-16-9-32-10-16/h3-6,8,16,18,20H,9-12H2,1-2H3,(H,25,26,27)/t18-,20+/m1/s1. The molecule has 0 unspecified atom stereocenters. The fourth-order valence-corrected chi connectivity index (χ4v) is 4.03. The number of ether oxygens (including phenoxy) is 5. The van der Waals surface area contributed by atoms with Crippen molar-refractivity contribution in [3.05, 3.63) is 41.7 Å². The van der Waals surface area contributed by atoms with Gasteiger partial charge in [-0.15, -0.1) is 0 Å². The van der Waals surface area contributed by atoms with Gasteiger partial charge in [0.1, 0.15) is 35.4 Å². The number of esters is 1. The monoisotopic (exact) mass is 465 g/mol. The third-order valence-corrected chi connectivity index (χ3v) is 5.88. The van der Waals surface area contributed by atoms with Crippen LogP contribution in [0.15, 0.2) is 30.5 Å². The summed E-state index contributed by atoms with van der Waals surface area (Å²) in [5, 5.41) is 13.6. The van der Waals surface area contributed by atoms with Gasteiger partial charge in [0.05, 0.1) is 50.8 Å². The number of methoxy groups -OCH3 is 2. The number of hydrogen-bond donors (Lipinski definition) is 1. The minimum Gasteiger partial charge on any atom is -0.483 e. The molecule has 11 heteroatoms. The molecule has 1 N–H and O–H groups in total. The number of hydrogen-bond acceptors (Lipinski definition) is 10. The van der Waals surface area contributed by atoms with Gasteiger partial charge in [0.15, 0.2) is 0 Å². The van der Waals surface area contributed by atoms with Crippen molar-refractivity contribution in [1.29, 1.82) is 5.26 Å². The second kappa shape index (κ2) is 9.26. The van der Waals surface area contributed by atoms with Crippen molar-refractivity contribution in [3.8, 4) is 11.8 Å². The van der Waals surface area contributed by atoms with Gasteiger partial charge in [0, 0.05) is 18.7 Å². The highest BCUT2D eigenvalue weighted by atomic mass is 16.6. The Morgan fingerprint density at radius 3 is 2.74 bits per heavy atom. The maximum absolute atomic E-state index is 12.0. The highest BCUT2D eigenvalue weighted by Gasteiger charge is 2.33. The SMILES string of the molecule is COC(=O)c1ccc(Nc2ncc3cc(C#N)n([C@@H]4COC[C@@H]4OC)c3n2)c(OC2COC2)c1. The van der Waals surface area contributed by atoms with Crippen LogP contribution in [0.5, 0.6) is 5.75 Å². The van der Waals surface area contributed by atoms with Gasteiger partial charge in [-0.3, -0.25) is 0 Å². The molecule has 1 aromatic carbocycles. The molecule has 5 rings (SSSR count). The number of carbonyl (C=O) groups excluding carboxylic acids is 1. The minimum absolute atomic E-state index is 0.111. The number of nitrogens with zero attached hydrogens (tertiary/aromatic N) is 4. The summed E-state index contributed by atoms with van der Waals surface area (Å²) in [6.45, 7) is 1.80. The zero-order valence-electron chi connectivity index (χ0n) is 18.7. The van der Waals surface area contributed by atoms with E-state index in [0.29, 0.717) is 60.7 Å². The van der Waals surface area contributed by atoms with E-state index in [1.807, 2.05) is 4.57 Å². The zero-order chi connectivity index (χ0) is 23.7. The maximum atomic E-state index is 12.0. The number of carbonyl (C=O) groups is 1. The Bertz CT molecular complexity index is 1260. The van der Waals surface area contributed by atoms with Crippen LogP contribution in [0.4, 0.5) is 11.6 Å². The molecule has 0 spiro atoms. The zero-order valence-corrected chi connectivity index (χ0v) is 18.7. The van der Waals surface area contributed by atoms with Crippen LogP contribution in [0, 0.1) is 11.3 Å². The van der Waals surface area contributed by atoms with E-state index in [0.717, 1.165) is 5.39 Å². The molecule has 2 fully saturated rings. The van der Waals surface area contributed by atoms with Crippen LogP contribution in [0.3, 0.4) is 0 Å². The van der Waals surface area contributed by atoms with Gasteiger partial charge in [-0.1, -0.05) is 0 Å². The Balaban J connectivity index is 1.51. The normalized spacial score (nSPS) is 20.0. The predicted molar refractivity (Wildman–Crippen MR) is 119 cm³/mol.